The zero-order chi connectivity index (χ0) is 17.8. The molecule has 0 amide bonds. The van der Waals surface area contributed by atoms with Crippen molar-refractivity contribution in [2.24, 2.45) is 0 Å². The quantitative estimate of drug-likeness (QED) is 0.688. The lowest BCUT2D eigenvalue weighted by molar-refractivity contribution is 0.266. The normalized spacial score (nSPS) is 15.3. The van der Waals surface area contributed by atoms with Crippen molar-refractivity contribution in [2.45, 2.75) is 0 Å². The lowest BCUT2D eigenvalue weighted by atomic mass is 10.2. The first-order valence-electron chi connectivity index (χ1n) is 8.68. The summed E-state index contributed by atoms with van der Waals surface area (Å²) in [6.07, 6.45) is 7.21. The average molecular weight is 414 g/mol. The minimum absolute atomic E-state index is 0.825. The summed E-state index contributed by atoms with van der Waals surface area (Å²) in [5.41, 5.74) is 2.82. The van der Waals surface area contributed by atoms with E-state index in [1.165, 1.54) is 0 Å². The highest BCUT2D eigenvalue weighted by Crippen LogP contribution is 2.21. The number of nitrogens with zero attached hydrogens (tertiary/aromatic N) is 6. The van der Waals surface area contributed by atoms with Gasteiger partial charge in [0.2, 0.25) is 5.95 Å². The molecule has 1 aliphatic heterocycles. The molecule has 0 aromatic carbocycles. The summed E-state index contributed by atoms with van der Waals surface area (Å²) < 4.78 is 0.940. The fourth-order valence-corrected chi connectivity index (χ4v) is 3.44. The van der Waals surface area contributed by atoms with Gasteiger partial charge in [-0.05, 0) is 34.1 Å². The largest absolute Gasteiger partial charge is 0.382 e. The van der Waals surface area contributed by atoms with Crippen molar-refractivity contribution in [3.05, 3.63) is 47.5 Å². The van der Waals surface area contributed by atoms with E-state index in [2.05, 4.69) is 51.0 Å². The number of nitrogens with one attached hydrogen (secondary N) is 1. The van der Waals surface area contributed by atoms with Gasteiger partial charge in [-0.3, -0.25) is 14.9 Å². The second-order valence-electron chi connectivity index (χ2n) is 6.18. The molecule has 0 radical (unpaired) electrons. The van der Waals surface area contributed by atoms with E-state index >= 15 is 0 Å². The van der Waals surface area contributed by atoms with Crippen LogP contribution < -0.4 is 10.2 Å². The highest BCUT2D eigenvalue weighted by molar-refractivity contribution is 9.10. The van der Waals surface area contributed by atoms with Crippen LogP contribution in [0, 0.1) is 0 Å². The minimum atomic E-state index is 0.825. The summed E-state index contributed by atoms with van der Waals surface area (Å²) in [4.78, 5) is 22.2. The van der Waals surface area contributed by atoms with E-state index in [0.29, 0.717) is 0 Å². The van der Waals surface area contributed by atoms with Gasteiger partial charge in [-0.1, -0.05) is 0 Å². The summed E-state index contributed by atoms with van der Waals surface area (Å²) in [5.74, 6) is 0.825. The molecule has 1 saturated heterocycles. The summed E-state index contributed by atoms with van der Waals surface area (Å²) in [6.45, 7) is 5.81. The van der Waals surface area contributed by atoms with Crippen LogP contribution in [-0.2, 0) is 0 Å². The fraction of sp³-hybridized carbons (Fsp3) is 0.333. The number of anilines is 2. The molecule has 1 fully saturated rings. The van der Waals surface area contributed by atoms with Crippen molar-refractivity contribution >= 4 is 38.6 Å². The highest BCUT2D eigenvalue weighted by Gasteiger charge is 2.18. The molecule has 26 heavy (non-hydrogen) atoms. The molecule has 134 valence electrons. The SMILES string of the molecule is Brc1cnc2c(NCCN3CCN(c4ncccn4)CC3)ccnc2c1. The van der Waals surface area contributed by atoms with Gasteiger partial charge < -0.3 is 10.2 Å². The van der Waals surface area contributed by atoms with Crippen LogP contribution in [0.25, 0.3) is 11.0 Å². The fourth-order valence-electron chi connectivity index (χ4n) is 3.12. The second-order valence-corrected chi connectivity index (χ2v) is 7.10. The van der Waals surface area contributed by atoms with Crippen LogP contribution in [0.3, 0.4) is 0 Å². The zero-order valence-corrected chi connectivity index (χ0v) is 15.9. The first-order valence-corrected chi connectivity index (χ1v) is 9.47. The molecule has 3 aromatic heterocycles. The van der Waals surface area contributed by atoms with Gasteiger partial charge in [0.15, 0.2) is 0 Å². The Morgan fingerprint density at radius 2 is 1.81 bits per heavy atom. The molecule has 4 heterocycles. The van der Waals surface area contributed by atoms with Gasteiger partial charge in [0.25, 0.3) is 0 Å². The van der Waals surface area contributed by atoms with Gasteiger partial charge in [0, 0.05) is 68.5 Å². The molecule has 0 aliphatic carbocycles. The van der Waals surface area contributed by atoms with Crippen LogP contribution in [0.1, 0.15) is 0 Å². The Morgan fingerprint density at radius 3 is 2.62 bits per heavy atom. The topological polar surface area (TPSA) is 70.1 Å². The van der Waals surface area contributed by atoms with E-state index in [9.17, 15) is 0 Å². The zero-order valence-electron chi connectivity index (χ0n) is 14.3. The maximum atomic E-state index is 4.48. The van der Waals surface area contributed by atoms with Crippen molar-refractivity contribution in [3.63, 3.8) is 0 Å². The molecule has 0 bridgehead atoms. The van der Waals surface area contributed by atoms with Gasteiger partial charge >= 0.3 is 0 Å². The van der Waals surface area contributed by atoms with Gasteiger partial charge in [-0.15, -0.1) is 0 Å². The Bertz CT molecular complexity index is 866. The van der Waals surface area contributed by atoms with Crippen molar-refractivity contribution < 1.29 is 0 Å². The van der Waals surface area contributed by atoms with Crippen molar-refractivity contribution in [1.82, 2.24) is 24.8 Å². The molecule has 0 spiro atoms. The lowest BCUT2D eigenvalue weighted by Gasteiger charge is -2.34. The predicted molar refractivity (Wildman–Crippen MR) is 106 cm³/mol. The molecule has 8 heteroatoms. The molecule has 0 atom stereocenters. The third-order valence-corrected chi connectivity index (χ3v) is 4.93. The van der Waals surface area contributed by atoms with Crippen LogP contribution in [0.5, 0.6) is 0 Å². The molecule has 3 aromatic rings. The number of rotatable bonds is 5. The Kier molecular flexibility index (Phi) is 5.21. The van der Waals surface area contributed by atoms with Gasteiger partial charge in [-0.2, -0.15) is 0 Å². The van der Waals surface area contributed by atoms with Gasteiger partial charge in [0.05, 0.1) is 11.2 Å². The number of piperazine rings is 1. The summed E-state index contributed by atoms with van der Waals surface area (Å²) >= 11 is 3.44. The highest BCUT2D eigenvalue weighted by atomic mass is 79.9. The van der Waals surface area contributed by atoms with E-state index < -0.39 is 0 Å². The van der Waals surface area contributed by atoms with Crippen molar-refractivity contribution in [2.75, 3.05) is 49.5 Å². The number of aromatic nitrogens is 4. The number of hydrogen-bond donors (Lipinski definition) is 1. The first-order chi connectivity index (χ1) is 12.8. The molecule has 0 saturated carbocycles. The van der Waals surface area contributed by atoms with E-state index in [0.717, 1.165) is 66.4 Å². The van der Waals surface area contributed by atoms with Gasteiger partial charge in [0.1, 0.15) is 5.52 Å². The summed E-state index contributed by atoms with van der Waals surface area (Å²) in [5, 5.41) is 3.50. The van der Waals surface area contributed by atoms with Crippen molar-refractivity contribution in [1.29, 1.82) is 0 Å². The molecular formula is C18H20BrN7. The van der Waals surface area contributed by atoms with E-state index in [1.807, 2.05) is 24.4 Å². The Morgan fingerprint density at radius 1 is 1.00 bits per heavy atom. The third kappa shape index (κ3) is 3.91. The Hall–Kier alpha value is -2.32. The molecule has 1 aliphatic rings. The number of halogens is 1. The second kappa shape index (κ2) is 7.92. The first kappa shape index (κ1) is 17.1. The van der Waals surface area contributed by atoms with Gasteiger partial charge in [-0.25, -0.2) is 9.97 Å². The molecular weight excluding hydrogens is 394 g/mol. The van der Waals surface area contributed by atoms with Crippen molar-refractivity contribution in [3.8, 4) is 0 Å². The third-order valence-electron chi connectivity index (χ3n) is 4.49. The summed E-state index contributed by atoms with van der Waals surface area (Å²) in [6, 6.07) is 5.81. The van der Waals surface area contributed by atoms with Crippen LogP contribution >= 0.6 is 15.9 Å². The smallest absolute Gasteiger partial charge is 0.225 e. The molecule has 4 rings (SSSR count). The summed E-state index contributed by atoms with van der Waals surface area (Å²) in [7, 11) is 0. The van der Waals surface area contributed by atoms with E-state index in [4.69, 9.17) is 0 Å². The molecule has 0 unspecified atom stereocenters. The van der Waals surface area contributed by atoms with Crippen LogP contribution in [0.2, 0.25) is 0 Å². The average Bonchev–Trinajstić information content (AvgIpc) is 2.69. The number of hydrogen-bond acceptors (Lipinski definition) is 7. The minimum Gasteiger partial charge on any atom is -0.382 e. The monoisotopic (exact) mass is 413 g/mol. The predicted octanol–water partition coefficient (Wildman–Crippen LogP) is 2.42. The van der Waals surface area contributed by atoms with Crippen LogP contribution in [0.4, 0.5) is 11.6 Å². The lowest BCUT2D eigenvalue weighted by Crippen LogP contribution is -2.48. The Labute approximate surface area is 160 Å². The standard InChI is InChI=1S/C18H20BrN7/c19-14-12-16-17(24-13-14)15(2-5-20-16)21-6-7-25-8-10-26(11-9-25)18-22-3-1-4-23-18/h1-5,12-13H,6-11H2,(H,20,21). The van der Waals surface area contributed by atoms with Crippen LogP contribution in [-0.4, -0.2) is 64.1 Å². The number of fused-ring (bicyclic) bond motifs is 1. The van der Waals surface area contributed by atoms with E-state index in [-0.39, 0.29) is 0 Å². The maximum Gasteiger partial charge on any atom is 0.225 e. The molecule has 7 nitrogen and oxygen atoms in total. The number of pyridine rings is 2. The molecule has 1 N–H and O–H groups in total. The van der Waals surface area contributed by atoms with E-state index in [1.54, 1.807) is 18.6 Å². The Balaban J connectivity index is 1.30. The maximum absolute atomic E-state index is 4.48. The van der Waals surface area contributed by atoms with Crippen LogP contribution in [0.15, 0.2) is 47.5 Å².